The molecule has 2 N–H and O–H groups in total. The fourth-order valence-electron chi connectivity index (χ4n) is 5.14. The molecular formula is C25H33N3O3. The summed E-state index contributed by atoms with van der Waals surface area (Å²) in [6.45, 7) is 4.82. The third-order valence-corrected chi connectivity index (χ3v) is 6.76. The highest BCUT2D eigenvalue weighted by atomic mass is 16.3. The standard InChI is InChI=1S/C25H33N3O3/c1-17(2)6-5-7-18-10-12-19(13-11-18)24-21-14-27(15-23(30)28(21)22(24)16-29)25(31)26-20-8-3-4-9-20/h10-13,17,20-22,24,29H,3-4,6,8-9,14-16H2,1-2H3,(H,26,31)/t21-,22-,24+/m0/s1. The number of carbonyl (C=O) groups excluding carboxylic acids is 2. The normalized spacial score (nSPS) is 25.7. The highest BCUT2D eigenvalue weighted by Gasteiger charge is 2.54. The van der Waals surface area contributed by atoms with Gasteiger partial charge in [-0.15, -0.1) is 0 Å². The number of nitrogens with zero attached hydrogens (tertiary/aromatic N) is 2. The summed E-state index contributed by atoms with van der Waals surface area (Å²) < 4.78 is 0. The molecule has 3 amide bonds. The molecule has 3 aliphatic rings. The van der Waals surface area contributed by atoms with Gasteiger partial charge in [0.15, 0.2) is 0 Å². The topological polar surface area (TPSA) is 72.9 Å². The molecule has 2 saturated heterocycles. The first-order valence-electron chi connectivity index (χ1n) is 11.5. The van der Waals surface area contributed by atoms with Crippen molar-refractivity contribution < 1.29 is 14.7 Å². The maximum absolute atomic E-state index is 12.8. The molecule has 3 atom stereocenters. The molecule has 1 saturated carbocycles. The average Bonchev–Trinajstić information content (AvgIpc) is 3.23. The highest BCUT2D eigenvalue weighted by Crippen LogP contribution is 2.42. The largest absolute Gasteiger partial charge is 0.394 e. The van der Waals surface area contributed by atoms with Crippen molar-refractivity contribution in [2.75, 3.05) is 19.7 Å². The summed E-state index contributed by atoms with van der Waals surface area (Å²) in [7, 11) is 0. The monoisotopic (exact) mass is 423 g/mol. The third kappa shape index (κ3) is 4.57. The number of piperazine rings is 1. The Morgan fingerprint density at radius 1 is 1.23 bits per heavy atom. The van der Waals surface area contributed by atoms with E-state index in [0.29, 0.717) is 12.5 Å². The Morgan fingerprint density at radius 2 is 1.94 bits per heavy atom. The number of benzene rings is 1. The zero-order chi connectivity index (χ0) is 22.0. The van der Waals surface area contributed by atoms with E-state index in [4.69, 9.17) is 0 Å². The lowest BCUT2D eigenvalue weighted by Gasteiger charge is -2.58. The predicted molar refractivity (Wildman–Crippen MR) is 119 cm³/mol. The number of fused-ring (bicyclic) bond motifs is 1. The van der Waals surface area contributed by atoms with E-state index in [9.17, 15) is 14.7 Å². The van der Waals surface area contributed by atoms with Crippen LogP contribution >= 0.6 is 0 Å². The molecule has 3 fully saturated rings. The summed E-state index contributed by atoms with van der Waals surface area (Å²) in [6.07, 6.45) is 5.21. The van der Waals surface area contributed by atoms with E-state index in [-0.39, 0.29) is 49.1 Å². The van der Waals surface area contributed by atoms with Crippen LogP contribution in [0.25, 0.3) is 0 Å². The van der Waals surface area contributed by atoms with Gasteiger partial charge in [-0.1, -0.05) is 50.7 Å². The van der Waals surface area contributed by atoms with Crippen LogP contribution in [0.5, 0.6) is 0 Å². The van der Waals surface area contributed by atoms with Crippen LogP contribution in [0.3, 0.4) is 0 Å². The van der Waals surface area contributed by atoms with Gasteiger partial charge < -0.3 is 20.2 Å². The van der Waals surface area contributed by atoms with Gasteiger partial charge in [-0.25, -0.2) is 4.79 Å². The van der Waals surface area contributed by atoms with Gasteiger partial charge in [0.2, 0.25) is 5.91 Å². The van der Waals surface area contributed by atoms with Crippen molar-refractivity contribution in [2.45, 2.75) is 70.0 Å². The molecule has 0 unspecified atom stereocenters. The van der Waals surface area contributed by atoms with E-state index >= 15 is 0 Å². The van der Waals surface area contributed by atoms with Crippen molar-refractivity contribution in [3.63, 3.8) is 0 Å². The molecule has 31 heavy (non-hydrogen) atoms. The van der Waals surface area contributed by atoms with Crippen LogP contribution in [0.2, 0.25) is 0 Å². The van der Waals surface area contributed by atoms with Gasteiger partial charge in [0.25, 0.3) is 0 Å². The molecule has 0 radical (unpaired) electrons. The Balaban J connectivity index is 1.45. The van der Waals surface area contributed by atoms with Gasteiger partial charge in [0.05, 0.1) is 18.7 Å². The minimum Gasteiger partial charge on any atom is -0.394 e. The summed E-state index contributed by atoms with van der Waals surface area (Å²) in [6, 6.07) is 7.89. The van der Waals surface area contributed by atoms with Crippen LogP contribution in [0.15, 0.2) is 24.3 Å². The fraction of sp³-hybridized carbons (Fsp3) is 0.600. The van der Waals surface area contributed by atoms with E-state index in [1.165, 1.54) is 0 Å². The second-order valence-electron chi connectivity index (χ2n) is 9.48. The van der Waals surface area contributed by atoms with Crippen molar-refractivity contribution in [1.29, 1.82) is 0 Å². The van der Waals surface area contributed by atoms with Crippen LogP contribution in [0.4, 0.5) is 4.79 Å². The van der Waals surface area contributed by atoms with Crippen LogP contribution in [0, 0.1) is 17.8 Å². The van der Waals surface area contributed by atoms with Crippen LogP contribution in [0.1, 0.15) is 63.0 Å². The zero-order valence-electron chi connectivity index (χ0n) is 18.5. The smallest absolute Gasteiger partial charge is 0.318 e. The lowest BCUT2D eigenvalue weighted by molar-refractivity contribution is -0.159. The number of carbonyl (C=O) groups is 2. The van der Waals surface area contributed by atoms with Crippen molar-refractivity contribution >= 4 is 11.9 Å². The number of urea groups is 1. The summed E-state index contributed by atoms with van der Waals surface area (Å²) in [5, 5.41) is 13.0. The lowest BCUT2D eigenvalue weighted by Crippen LogP contribution is -2.74. The zero-order valence-corrected chi connectivity index (χ0v) is 18.5. The number of aliphatic hydroxyl groups is 1. The number of aliphatic hydroxyl groups excluding tert-OH is 1. The summed E-state index contributed by atoms with van der Waals surface area (Å²) in [5.41, 5.74) is 2.05. The van der Waals surface area contributed by atoms with Crippen molar-refractivity contribution in [2.24, 2.45) is 5.92 Å². The Hall–Kier alpha value is -2.52. The minimum absolute atomic E-state index is 0.0219. The first kappa shape index (κ1) is 21.7. The van der Waals surface area contributed by atoms with Gasteiger partial charge in [0.1, 0.15) is 6.54 Å². The summed E-state index contributed by atoms with van der Waals surface area (Å²) >= 11 is 0. The summed E-state index contributed by atoms with van der Waals surface area (Å²) in [4.78, 5) is 28.9. The molecule has 1 aromatic rings. The Morgan fingerprint density at radius 3 is 2.58 bits per heavy atom. The lowest BCUT2D eigenvalue weighted by atomic mass is 9.73. The molecule has 1 aliphatic carbocycles. The fourth-order valence-corrected chi connectivity index (χ4v) is 5.14. The number of nitrogens with one attached hydrogen (secondary N) is 1. The Bertz CT molecular complexity index is 864. The number of amides is 3. The highest BCUT2D eigenvalue weighted by molar-refractivity contribution is 5.87. The van der Waals surface area contributed by atoms with Crippen molar-refractivity contribution in [1.82, 2.24) is 15.1 Å². The Labute approximate surface area is 185 Å². The molecule has 166 valence electrons. The van der Waals surface area contributed by atoms with Crippen LogP contribution < -0.4 is 5.32 Å². The molecule has 6 heteroatoms. The second kappa shape index (κ2) is 9.32. The third-order valence-electron chi connectivity index (χ3n) is 6.76. The molecular weight excluding hydrogens is 390 g/mol. The van der Waals surface area contributed by atoms with Gasteiger partial charge in [-0.3, -0.25) is 4.79 Å². The van der Waals surface area contributed by atoms with Crippen molar-refractivity contribution in [3.05, 3.63) is 35.4 Å². The van der Waals surface area contributed by atoms with E-state index in [0.717, 1.165) is 43.2 Å². The number of rotatable bonds is 4. The van der Waals surface area contributed by atoms with Gasteiger partial charge in [0, 0.05) is 30.5 Å². The van der Waals surface area contributed by atoms with E-state index < -0.39 is 0 Å². The van der Waals surface area contributed by atoms with E-state index in [2.05, 4.69) is 31.0 Å². The Kier molecular flexibility index (Phi) is 6.52. The second-order valence-corrected chi connectivity index (χ2v) is 9.48. The maximum Gasteiger partial charge on any atom is 0.318 e. The van der Waals surface area contributed by atoms with Crippen molar-refractivity contribution in [3.8, 4) is 11.8 Å². The van der Waals surface area contributed by atoms with Crippen LogP contribution in [-0.4, -0.2) is 64.7 Å². The number of hydrogen-bond donors (Lipinski definition) is 2. The van der Waals surface area contributed by atoms with Gasteiger partial charge >= 0.3 is 6.03 Å². The molecule has 6 nitrogen and oxygen atoms in total. The van der Waals surface area contributed by atoms with Gasteiger partial charge in [-0.2, -0.15) is 0 Å². The SMILES string of the molecule is CC(C)CC#Cc1ccc([C@H]2[C@H](CO)N3C(=O)CN(C(=O)NC4CCCC4)C[C@@H]23)cc1. The number of hydrogen-bond acceptors (Lipinski definition) is 3. The molecule has 0 bridgehead atoms. The molecule has 4 rings (SSSR count). The van der Waals surface area contributed by atoms with E-state index in [1.807, 2.05) is 24.3 Å². The predicted octanol–water partition coefficient (Wildman–Crippen LogP) is 2.71. The maximum atomic E-state index is 12.8. The average molecular weight is 424 g/mol. The molecule has 1 aromatic carbocycles. The first-order valence-corrected chi connectivity index (χ1v) is 11.5. The minimum atomic E-state index is -0.226. The quantitative estimate of drug-likeness (QED) is 0.732. The van der Waals surface area contributed by atoms with E-state index in [1.54, 1.807) is 9.80 Å². The van der Waals surface area contributed by atoms with Gasteiger partial charge in [-0.05, 0) is 36.5 Å². The molecule has 0 spiro atoms. The van der Waals surface area contributed by atoms with Crippen LogP contribution in [-0.2, 0) is 4.79 Å². The summed E-state index contributed by atoms with van der Waals surface area (Å²) in [5.74, 6) is 6.89. The molecule has 2 aliphatic heterocycles. The molecule has 2 heterocycles. The molecule has 0 aromatic heterocycles. The first-order chi connectivity index (χ1) is 15.0.